The van der Waals surface area contributed by atoms with Crippen LogP contribution in [0.15, 0.2) is 121 Å². The summed E-state index contributed by atoms with van der Waals surface area (Å²) < 4.78 is 4.57. The van der Waals surface area contributed by atoms with E-state index < -0.39 is 0 Å². The van der Waals surface area contributed by atoms with E-state index in [1.54, 1.807) is 0 Å². The van der Waals surface area contributed by atoms with Crippen LogP contribution in [0.4, 0.5) is 0 Å². The molecule has 0 fully saturated rings. The van der Waals surface area contributed by atoms with Crippen LogP contribution in [-0.4, -0.2) is 9.13 Å². The molecular formula is C41H26N4. The topological polar surface area (TPSA) is 57.4 Å². The molecule has 9 rings (SSSR count). The molecule has 0 unspecified atom stereocenters. The Labute approximate surface area is 260 Å². The number of benzene rings is 6. The molecule has 8 aromatic rings. The van der Waals surface area contributed by atoms with Crippen LogP contribution in [0.2, 0.25) is 0 Å². The van der Waals surface area contributed by atoms with Crippen molar-refractivity contribution in [2.24, 2.45) is 0 Å². The van der Waals surface area contributed by atoms with E-state index >= 15 is 0 Å². The normalized spacial score (nSPS) is 13.2. The Kier molecular flexibility index (Phi) is 5.06. The average molecular weight is 575 g/mol. The molecule has 1 aliphatic carbocycles. The Morgan fingerprint density at radius 1 is 0.511 bits per heavy atom. The third-order valence-corrected chi connectivity index (χ3v) is 9.73. The number of hydrogen-bond donors (Lipinski definition) is 0. The van der Waals surface area contributed by atoms with Crippen LogP contribution in [0, 0.1) is 22.7 Å². The highest BCUT2D eigenvalue weighted by Crippen LogP contribution is 2.53. The lowest BCUT2D eigenvalue weighted by Crippen LogP contribution is -2.14. The van der Waals surface area contributed by atoms with Crippen LogP contribution in [0.3, 0.4) is 0 Å². The molecule has 0 atom stereocenters. The number of hydrogen-bond acceptors (Lipinski definition) is 2. The fourth-order valence-corrected chi connectivity index (χ4v) is 7.75. The molecule has 0 aliphatic heterocycles. The fraction of sp³-hybridized carbons (Fsp3) is 0.0732. The van der Waals surface area contributed by atoms with Crippen molar-refractivity contribution in [1.29, 1.82) is 10.5 Å². The Morgan fingerprint density at radius 2 is 1.13 bits per heavy atom. The maximum Gasteiger partial charge on any atom is 0.0993 e. The van der Waals surface area contributed by atoms with E-state index in [4.69, 9.17) is 0 Å². The van der Waals surface area contributed by atoms with Crippen LogP contribution in [0.5, 0.6) is 0 Å². The van der Waals surface area contributed by atoms with Gasteiger partial charge in [0.1, 0.15) is 0 Å². The quantitative estimate of drug-likeness (QED) is 0.206. The second kappa shape index (κ2) is 8.96. The van der Waals surface area contributed by atoms with Crippen molar-refractivity contribution in [3.63, 3.8) is 0 Å². The van der Waals surface area contributed by atoms with E-state index in [2.05, 4.69) is 114 Å². The van der Waals surface area contributed by atoms with Gasteiger partial charge in [0.05, 0.1) is 45.3 Å². The van der Waals surface area contributed by atoms with Gasteiger partial charge in [0.25, 0.3) is 0 Å². The van der Waals surface area contributed by atoms with E-state index in [-0.39, 0.29) is 5.41 Å². The zero-order valence-corrected chi connectivity index (χ0v) is 24.8. The Bertz CT molecular complexity index is 2650. The summed E-state index contributed by atoms with van der Waals surface area (Å²) in [6.45, 7) is 4.62. The summed E-state index contributed by atoms with van der Waals surface area (Å²) in [7, 11) is 0. The first-order valence-corrected chi connectivity index (χ1v) is 15.2. The molecule has 2 heterocycles. The number of nitriles is 2. The molecule has 0 radical (unpaired) electrons. The van der Waals surface area contributed by atoms with Crippen molar-refractivity contribution in [3.8, 4) is 34.6 Å². The van der Waals surface area contributed by atoms with Crippen molar-refractivity contribution in [2.75, 3.05) is 0 Å². The second-order valence-corrected chi connectivity index (χ2v) is 12.5. The summed E-state index contributed by atoms with van der Waals surface area (Å²) in [6, 6.07) is 46.9. The van der Waals surface area contributed by atoms with Crippen molar-refractivity contribution >= 4 is 43.6 Å². The molecule has 0 saturated heterocycles. The van der Waals surface area contributed by atoms with Crippen LogP contribution >= 0.6 is 0 Å². The molecule has 0 saturated carbocycles. The van der Waals surface area contributed by atoms with E-state index in [0.717, 1.165) is 44.2 Å². The van der Waals surface area contributed by atoms with Gasteiger partial charge in [-0.1, -0.05) is 86.6 Å². The van der Waals surface area contributed by atoms with Crippen molar-refractivity contribution < 1.29 is 0 Å². The predicted molar refractivity (Wildman–Crippen MR) is 182 cm³/mol. The minimum atomic E-state index is -0.133. The monoisotopic (exact) mass is 574 g/mol. The van der Waals surface area contributed by atoms with Gasteiger partial charge in [0, 0.05) is 43.9 Å². The highest BCUT2D eigenvalue weighted by Gasteiger charge is 2.37. The van der Waals surface area contributed by atoms with E-state index in [9.17, 15) is 10.5 Å². The van der Waals surface area contributed by atoms with Gasteiger partial charge in [-0.3, -0.25) is 0 Å². The van der Waals surface area contributed by atoms with Gasteiger partial charge in [-0.15, -0.1) is 0 Å². The van der Waals surface area contributed by atoms with Gasteiger partial charge in [0.15, 0.2) is 0 Å². The Hall–Kier alpha value is -6.10. The average Bonchev–Trinajstić information content (AvgIpc) is 3.68. The maximum absolute atomic E-state index is 10.4. The molecular weight excluding hydrogens is 548 g/mol. The molecule has 45 heavy (non-hydrogen) atoms. The highest BCUT2D eigenvalue weighted by atomic mass is 15.0. The molecule has 0 amide bonds. The SMILES string of the molecule is CC1(C)c2ccccc2-c2c1ccc1c3ccccc3n(-c3cc(C#N)cc(-n4c5ccccc5c5cc(C#N)ccc54)c3)c21. The van der Waals surface area contributed by atoms with Crippen molar-refractivity contribution in [1.82, 2.24) is 9.13 Å². The smallest absolute Gasteiger partial charge is 0.0993 e. The zero-order chi connectivity index (χ0) is 30.4. The molecule has 0 N–H and O–H groups in total. The summed E-state index contributed by atoms with van der Waals surface area (Å²) >= 11 is 0. The Morgan fingerprint density at radius 3 is 1.89 bits per heavy atom. The molecule has 4 heteroatoms. The van der Waals surface area contributed by atoms with Gasteiger partial charge in [-0.2, -0.15) is 10.5 Å². The predicted octanol–water partition coefficient (Wildman–Crippen LogP) is 9.93. The summed E-state index contributed by atoms with van der Waals surface area (Å²) in [5, 5.41) is 24.5. The molecule has 0 bridgehead atoms. The minimum Gasteiger partial charge on any atom is -0.309 e. The van der Waals surface area contributed by atoms with Gasteiger partial charge < -0.3 is 9.13 Å². The second-order valence-electron chi connectivity index (χ2n) is 12.5. The minimum absolute atomic E-state index is 0.133. The van der Waals surface area contributed by atoms with Gasteiger partial charge >= 0.3 is 0 Å². The molecule has 2 aromatic heterocycles. The summed E-state index contributed by atoms with van der Waals surface area (Å²) in [5.41, 5.74) is 12.4. The number of fused-ring (bicyclic) bond motifs is 10. The van der Waals surface area contributed by atoms with E-state index in [1.165, 1.54) is 33.0 Å². The molecule has 6 aromatic carbocycles. The van der Waals surface area contributed by atoms with Crippen LogP contribution in [-0.2, 0) is 5.41 Å². The third-order valence-electron chi connectivity index (χ3n) is 9.73. The fourth-order valence-electron chi connectivity index (χ4n) is 7.75. The molecule has 0 spiro atoms. The maximum atomic E-state index is 10.4. The highest BCUT2D eigenvalue weighted by molar-refractivity contribution is 6.16. The van der Waals surface area contributed by atoms with Gasteiger partial charge in [-0.25, -0.2) is 0 Å². The number of aromatic nitrogens is 2. The lowest BCUT2D eigenvalue weighted by Gasteiger charge is -2.21. The van der Waals surface area contributed by atoms with Crippen molar-refractivity contribution in [2.45, 2.75) is 19.3 Å². The van der Waals surface area contributed by atoms with Gasteiger partial charge in [-0.05, 0) is 65.2 Å². The number of nitrogens with zero attached hydrogens (tertiary/aromatic N) is 4. The van der Waals surface area contributed by atoms with Gasteiger partial charge in [0.2, 0.25) is 0 Å². The first-order valence-electron chi connectivity index (χ1n) is 15.2. The lowest BCUT2D eigenvalue weighted by atomic mass is 9.82. The zero-order valence-electron chi connectivity index (χ0n) is 24.8. The first-order chi connectivity index (χ1) is 22.0. The summed E-state index contributed by atoms with van der Waals surface area (Å²) in [6.07, 6.45) is 0. The summed E-state index contributed by atoms with van der Waals surface area (Å²) in [5.74, 6) is 0. The van der Waals surface area contributed by atoms with Crippen LogP contribution in [0.25, 0.3) is 66.1 Å². The number of rotatable bonds is 2. The Balaban J connectivity index is 1.42. The van der Waals surface area contributed by atoms with E-state index in [0.29, 0.717) is 11.1 Å². The largest absolute Gasteiger partial charge is 0.309 e. The standard InChI is InChI=1S/C41H26N4/c1-41(2)34-12-6-3-11-32(34)39-35(41)17-16-31-29-9-4-8-14-37(29)45(40(31)39)28-20-26(24-43)19-27(22-28)44-36-13-7-5-10-30(36)33-21-25(23-42)15-18-38(33)44/h3-22H,1-2H3. The first kappa shape index (κ1) is 25.4. The molecule has 1 aliphatic rings. The lowest BCUT2D eigenvalue weighted by molar-refractivity contribution is 0.661. The van der Waals surface area contributed by atoms with E-state index in [1.807, 2.05) is 42.5 Å². The van der Waals surface area contributed by atoms with Crippen LogP contribution in [0.1, 0.15) is 36.1 Å². The van der Waals surface area contributed by atoms with Crippen molar-refractivity contribution in [3.05, 3.63) is 144 Å². The summed E-state index contributed by atoms with van der Waals surface area (Å²) in [4.78, 5) is 0. The molecule has 210 valence electrons. The van der Waals surface area contributed by atoms with Crippen LogP contribution < -0.4 is 0 Å². The number of para-hydroxylation sites is 2. The third kappa shape index (κ3) is 3.34. The molecule has 4 nitrogen and oxygen atoms in total.